The fraction of sp³-hybridized carbons (Fsp3) is 0.923. The van der Waals surface area contributed by atoms with E-state index in [9.17, 15) is 20.4 Å². The maximum absolute atomic E-state index is 9.82. The van der Waals surface area contributed by atoms with Crippen LogP contribution in [-0.2, 0) is 4.74 Å². The van der Waals surface area contributed by atoms with Crippen molar-refractivity contribution in [2.24, 2.45) is 17.8 Å². The Morgan fingerprint density at radius 3 is 1.78 bits per heavy atom. The Kier molecular flexibility index (Phi) is 18.6. The predicted molar refractivity (Wildman–Crippen MR) is 130 cm³/mol. The summed E-state index contributed by atoms with van der Waals surface area (Å²) in [6.07, 6.45) is 7.38. The summed E-state index contributed by atoms with van der Waals surface area (Å²) in [6.45, 7) is 10.9. The molecule has 0 aliphatic heterocycles. The van der Waals surface area contributed by atoms with Crippen LogP contribution < -0.4 is 0 Å². The molecule has 0 saturated carbocycles. The van der Waals surface area contributed by atoms with Crippen LogP contribution in [0.1, 0.15) is 92.4 Å². The zero-order valence-electron chi connectivity index (χ0n) is 21.2. The van der Waals surface area contributed by atoms with Gasteiger partial charge >= 0.3 is 0 Å². The van der Waals surface area contributed by atoms with Crippen molar-refractivity contribution >= 4 is 0 Å². The zero-order chi connectivity index (χ0) is 24.5. The van der Waals surface area contributed by atoms with Crippen LogP contribution in [0.25, 0.3) is 0 Å². The van der Waals surface area contributed by atoms with Crippen LogP contribution in [0, 0.1) is 17.8 Å². The molecule has 0 aromatic rings. The lowest BCUT2D eigenvalue weighted by atomic mass is 9.91. The van der Waals surface area contributed by atoms with Crippen molar-refractivity contribution in [3.63, 3.8) is 0 Å². The van der Waals surface area contributed by atoms with Crippen molar-refractivity contribution in [3.8, 4) is 0 Å². The monoisotopic (exact) mass is 460 g/mol. The van der Waals surface area contributed by atoms with Gasteiger partial charge in [-0.3, -0.25) is 0 Å². The second-order valence-electron chi connectivity index (χ2n) is 10.2. The summed E-state index contributed by atoms with van der Waals surface area (Å²) in [6, 6.07) is 0. The highest BCUT2D eigenvalue weighted by Gasteiger charge is 2.29. The largest absolute Gasteiger partial charge is 0.394 e. The number of aliphatic hydroxyl groups excluding tert-OH is 5. The highest BCUT2D eigenvalue weighted by Crippen LogP contribution is 2.22. The highest BCUT2D eigenvalue weighted by atomic mass is 16.5. The van der Waals surface area contributed by atoms with Crippen molar-refractivity contribution in [1.82, 2.24) is 0 Å². The first kappa shape index (κ1) is 31.5. The second kappa shape index (κ2) is 18.9. The third-order valence-corrected chi connectivity index (χ3v) is 6.30. The molecule has 0 fully saturated rings. The van der Waals surface area contributed by atoms with Crippen LogP contribution in [0.2, 0.25) is 0 Å². The fourth-order valence-electron chi connectivity index (χ4n) is 3.86. The molecule has 0 radical (unpaired) electrons. The SMILES string of the molecule is C/C(=C\COC[C@@H](O)[C@@H](O)[C@H](O)[C@H](O)CO)CCCC(C)CCCC(C)CCCC(C)C. The number of hydrogen-bond donors (Lipinski definition) is 5. The molecule has 5 N–H and O–H groups in total. The van der Waals surface area contributed by atoms with Crippen LogP contribution in [0.5, 0.6) is 0 Å². The van der Waals surface area contributed by atoms with E-state index in [1.165, 1.54) is 50.5 Å². The van der Waals surface area contributed by atoms with Gasteiger partial charge in [-0.1, -0.05) is 84.3 Å². The third-order valence-electron chi connectivity index (χ3n) is 6.30. The summed E-state index contributed by atoms with van der Waals surface area (Å²) in [5.74, 6) is 2.41. The molecule has 0 aromatic heterocycles. The molecule has 6 atom stereocenters. The minimum absolute atomic E-state index is 0.160. The van der Waals surface area contributed by atoms with E-state index in [0.717, 1.165) is 30.6 Å². The molecule has 0 spiro atoms. The van der Waals surface area contributed by atoms with Gasteiger partial charge in [-0.25, -0.2) is 0 Å². The molecule has 0 aliphatic rings. The standard InChI is InChI=1S/C26H52O6/c1-19(2)9-6-10-20(3)11-7-12-21(4)13-8-14-22(5)15-16-32-18-24(29)26(31)25(30)23(28)17-27/h15,19-21,23-31H,6-14,16-18H2,1-5H3/b22-15+/t20?,21?,23-,24-,25-,26-/m1/s1. The van der Waals surface area contributed by atoms with Gasteiger partial charge in [0.15, 0.2) is 0 Å². The molecule has 32 heavy (non-hydrogen) atoms. The lowest BCUT2D eigenvalue weighted by Gasteiger charge is -2.25. The van der Waals surface area contributed by atoms with E-state index in [2.05, 4.69) is 34.6 Å². The third kappa shape index (κ3) is 16.2. The Balaban J connectivity index is 3.87. The molecule has 192 valence electrons. The minimum atomic E-state index is -1.62. The first-order valence-electron chi connectivity index (χ1n) is 12.6. The van der Waals surface area contributed by atoms with Gasteiger partial charge in [-0.2, -0.15) is 0 Å². The van der Waals surface area contributed by atoms with Crippen molar-refractivity contribution in [3.05, 3.63) is 11.6 Å². The Bertz CT molecular complexity index is 467. The van der Waals surface area contributed by atoms with Crippen LogP contribution in [-0.4, -0.2) is 69.8 Å². The van der Waals surface area contributed by atoms with Crippen molar-refractivity contribution in [2.45, 2.75) is 117 Å². The number of ether oxygens (including phenoxy) is 1. The molecular weight excluding hydrogens is 408 g/mol. The number of allylic oxidation sites excluding steroid dienone is 1. The Labute approximate surface area is 196 Å². The average molecular weight is 461 g/mol. The molecule has 0 saturated heterocycles. The maximum atomic E-state index is 9.82. The van der Waals surface area contributed by atoms with E-state index in [-0.39, 0.29) is 6.61 Å². The minimum Gasteiger partial charge on any atom is -0.394 e. The van der Waals surface area contributed by atoms with E-state index in [4.69, 9.17) is 9.84 Å². The van der Waals surface area contributed by atoms with Gasteiger partial charge in [0.25, 0.3) is 0 Å². The first-order valence-corrected chi connectivity index (χ1v) is 12.6. The zero-order valence-corrected chi connectivity index (χ0v) is 21.2. The smallest absolute Gasteiger partial charge is 0.111 e. The van der Waals surface area contributed by atoms with Crippen LogP contribution >= 0.6 is 0 Å². The van der Waals surface area contributed by atoms with E-state index < -0.39 is 31.0 Å². The van der Waals surface area contributed by atoms with Crippen molar-refractivity contribution < 1.29 is 30.3 Å². The molecule has 0 rings (SSSR count). The van der Waals surface area contributed by atoms with Gasteiger partial charge in [-0.15, -0.1) is 0 Å². The van der Waals surface area contributed by atoms with Crippen LogP contribution in [0.3, 0.4) is 0 Å². The maximum Gasteiger partial charge on any atom is 0.111 e. The van der Waals surface area contributed by atoms with E-state index >= 15 is 0 Å². The van der Waals surface area contributed by atoms with Crippen molar-refractivity contribution in [1.29, 1.82) is 0 Å². The highest BCUT2D eigenvalue weighted by molar-refractivity contribution is 4.97. The molecule has 6 heteroatoms. The molecular formula is C26H52O6. The van der Waals surface area contributed by atoms with E-state index in [1.54, 1.807) is 0 Å². The lowest BCUT2D eigenvalue weighted by Crippen LogP contribution is -2.47. The molecule has 2 unspecified atom stereocenters. The molecule has 0 aliphatic carbocycles. The summed E-state index contributed by atoms with van der Waals surface area (Å²) < 4.78 is 5.35. The molecule has 0 bridgehead atoms. The Morgan fingerprint density at radius 2 is 1.25 bits per heavy atom. The summed E-state index contributed by atoms with van der Waals surface area (Å²) >= 11 is 0. The van der Waals surface area contributed by atoms with Crippen molar-refractivity contribution in [2.75, 3.05) is 19.8 Å². The van der Waals surface area contributed by atoms with Gasteiger partial charge in [0, 0.05) is 0 Å². The van der Waals surface area contributed by atoms with Gasteiger partial charge in [-0.05, 0) is 37.5 Å². The van der Waals surface area contributed by atoms with E-state index in [0.29, 0.717) is 6.61 Å². The fourth-order valence-corrected chi connectivity index (χ4v) is 3.86. The summed E-state index contributed by atoms with van der Waals surface area (Å²) in [5, 5.41) is 47.2. The topological polar surface area (TPSA) is 110 Å². The summed E-state index contributed by atoms with van der Waals surface area (Å²) in [5.41, 5.74) is 1.24. The van der Waals surface area contributed by atoms with Crippen LogP contribution in [0.15, 0.2) is 11.6 Å². The molecule has 0 heterocycles. The Hall–Kier alpha value is -0.500. The lowest BCUT2D eigenvalue weighted by molar-refractivity contribution is -0.127. The average Bonchev–Trinajstić information content (AvgIpc) is 2.74. The summed E-state index contributed by atoms with van der Waals surface area (Å²) in [7, 11) is 0. The quantitative estimate of drug-likeness (QED) is 0.140. The van der Waals surface area contributed by atoms with Gasteiger partial charge < -0.3 is 30.3 Å². The van der Waals surface area contributed by atoms with Gasteiger partial charge in [0.05, 0.1) is 19.8 Å². The molecule has 0 aromatic carbocycles. The van der Waals surface area contributed by atoms with Gasteiger partial charge in [0.2, 0.25) is 0 Å². The number of aliphatic hydroxyl groups is 5. The molecule has 6 nitrogen and oxygen atoms in total. The van der Waals surface area contributed by atoms with Crippen LogP contribution in [0.4, 0.5) is 0 Å². The second-order valence-corrected chi connectivity index (χ2v) is 10.2. The predicted octanol–water partition coefficient (Wildman–Crippen LogP) is 3.82. The summed E-state index contributed by atoms with van der Waals surface area (Å²) in [4.78, 5) is 0. The first-order chi connectivity index (χ1) is 15.1. The number of hydrogen-bond acceptors (Lipinski definition) is 6. The Morgan fingerprint density at radius 1 is 0.750 bits per heavy atom. The number of rotatable bonds is 20. The normalized spacial score (nSPS) is 18.4. The molecule has 0 amide bonds. The van der Waals surface area contributed by atoms with E-state index in [1.807, 2.05) is 6.08 Å². The van der Waals surface area contributed by atoms with Gasteiger partial charge in [0.1, 0.15) is 24.4 Å².